The number of fused-ring (bicyclic) bond motifs is 6. The van der Waals surface area contributed by atoms with Crippen molar-refractivity contribution < 1.29 is 4.42 Å². The Morgan fingerprint density at radius 1 is 0.611 bits per heavy atom. The van der Waals surface area contributed by atoms with Gasteiger partial charge in [0.1, 0.15) is 11.2 Å². The van der Waals surface area contributed by atoms with Crippen LogP contribution in [0, 0.1) is 23.7 Å². The van der Waals surface area contributed by atoms with Gasteiger partial charge in [-0.3, -0.25) is 0 Å². The normalized spacial score (nSPS) is 29.4. The molecular weight excluding hydrogens is 460 g/mol. The molecule has 0 aliphatic heterocycles. The third kappa shape index (κ3) is 2.43. The molecule has 5 aromatic rings. The van der Waals surface area contributed by atoms with Crippen molar-refractivity contribution in [3.8, 4) is 22.3 Å². The maximum atomic E-state index is 6.23. The molecule has 0 amide bonds. The zero-order valence-electron chi connectivity index (χ0n) is 20.1. The van der Waals surface area contributed by atoms with Crippen LogP contribution in [0.15, 0.2) is 83.3 Å². The van der Waals surface area contributed by atoms with Crippen LogP contribution in [0.3, 0.4) is 0 Å². The number of benzene rings is 4. The molecule has 0 unspecified atom stereocenters. The van der Waals surface area contributed by atoms with Crippen molar-refractivity contribution in [1.29, 1.82) is 0 Å². The maximum absolute atomic E-state index is 6.23. The Morgan fingerprint density at radius 3 is 2.17 bits per heavy atom. The Morgan fingerprint density at radius 2 is 1.33 bits per heavy atom. The highest BCUT2D eigenvalue weighted by molar-refractivity contribution is 6.31. The van der Waals surface area contributed by atoms with Crippen molar-refractivity contribution in [2.45, 2.75) is 37.5 Å². The summed E-state index contributed by atoms with van der Waals surface area (Å²) in [7, 11) is 0. The summed E-state index contributed by atoms with van der Waals surface area (Å²) in [6, 6.07) is 29.3. The van der Waals surface area contributed by atoms with Gasteiger partial charge in [-0.05, 0) is 119 Å². The van der Waals surface area contributed by atoms with Crippen LogP contribution in [0.4, 0.5) is 0 Å². The lowest BCUT2D eigenvalue weighted by molar-refractivity contribution is -0.0399. The van der Waals surface area contributed by atoms with E-state index in [1.807, 2.05) is 12.1 Å². The monoisotopic (exact) mass is 486 g/mol. The third-order valence-corrected chi connectivity index (χ3v) is 10.6. The Labute approximate surface area is 216 Å². The summed E-state index contributed by atoms with van der Waals surface area (Å²) < 4.78 is 6.11. The van der Waals surface area contributed by atoms with Crippen LogP contribution in [-0.2, 0) is 5.41 Å². The highest BCUT2D eigenvalue weighted by Crippen LogP contribution is 2.69. The van der Waals surface area contributed by atoms with Gasteiger partial charge >= 0.3 is 0 Å². The second kappa shape index (κ2) is 6.84. The molecule has 4 aromatic carbocycles. The van der Waals surface area contributed by atoms with Crippen LogP contribution < -0.4 is 0 Å². The first-order chi connectivity index (χ1) is 17.7. The summed E-state index contributed by atoms with van der Waals surface area (Å²) in [4.78, 5) is 0. The molecule has 0 N–H and O–H groups in total. The summed E-state index contributed by atoms with van der Waals surface area (Å²) in [5, 5.41) is 3.00. The van der Waals surface area contributed by atoms with E-state index in [1.165, 1.54) is 54.4 Å². The lowest BCUT2D eigenvalue weighted by Crippen LogP contribution is -2.55. The molecular formula is C34H27ClO. The van der Waals surface area contributed by atoms with Gasteiger partial charge in [0.25, 0.3) is 0 Å². The molecule has 1 nitrogen and oxygen atoms in total. The quantitative estimate of drug-likeness (QED) is 0.230. The van der Waals surface area contributed by atoms with E-state index < -0.39 is 0 Å². The summed E-state index contributed by atoms with van der Waals surface area (Å²) in [6.45, 7) is 0. The summed E-state index contributed by atoms with van der Waals surface area (Å²) in [5.74, 6) is 3.50. The fraction of sp³-hybridized carbons (Fsp3) is 0.294. The molecule has 5 aliphatic carbocycles. The van der Waals surface area contributed by atoms with E-state index in [4.69, 9.17) is 16.0 Å². The zero-order chi connectivity index (χ0) is 23.6. The van der Waals surface area contributed by atoms with Gasteiger partial charge in [-0.2, -0.15) is 0 Å². The molecule has 0 atom stereocenters. The van der Waals surface area contributed by atoms with Crippen molar-refractivity contribution in [3.05, 3.63) is 95.0 Å². The molecule has 4 saturated carbocycles. The van der Waals surface area contributed by atoms with Crippen molar-refractivity contribution in [1.82, 2.24) is 0 Å². The molecule has 5 aliphatic rings. The molecule has 4 bridgehead atoms. The molecule has 2 heteroatoms. The molecule has 10 rings (SSSR count). The van der Waals surface area contributed by atoms with Gasteiger partial charge in [0.15, 0.2) is 0 Å². The molecule has 1 heterocycles. The number of hydrogen-bond acceptors (Lipinski definition) is 1. The Hall–Kier alpha value is -3.03. The van der Waals surface area contributed by atoms with E-state index in [9.17, 15) is 0 Å². The van der Waals surface area contributed by atoms with Gasteiger partial charge < -0.3 is 4.42 Å². The van der Waals surface area contributed by atoms with Gasteiger partial charge in [0, 0.05) is 27.3 Å². The smallest absolute Gasteiger partial charge is 0.136 e. The summed E-state index contributed by atoms with van der Waals surface area (Å²) >= 11 is 6.23. The van der Waals surface area contributed by atoms with E-state index in [0.29, 0.717) is 5.02 Å². The predicted molar refractivity (Wildman–Crippen MR) is 147 cm³/mol. The highest BCUT2D eigenvalue weighted by Gasteiger charge is 2.61. The minimum Gasteiger partial charge on any atom is -0.456 e. The first kappa shape index (κ1) is 20.1. The average Bonchev–Trinajstić information content (AvgIpc) is 3.39. The van der Waals surface area contributed by atoms with Crippen LogP contribution in [0.2, 0.25) is 5.02 Å². The third-order valence-electron chi connectivity index (χ3n) is 10.3. The Balaban J connectivity index is 1.26. The lowest BCUT2D eigenvalue weighted by atomic mass is 9.43. The van der Waals surface area contributed by atoms with E-state index in [2.05, 4.69) is 66.7 Å². The predicted octanol–water partition coefficient (Wildman–Crippen LogP) is 9.63. The van der Waals surface area contributed by atoms with Crippen molar-refractivity contribution in [2.24, 2.45) is 23.7 Å². The summed E-state index contributed by atoms with van der Waals surface area (Å²) in [6.07, 6.45) is 7.16. The number of furan rings is 1. The lowest BCUT2D eigenvalue weighted by Gasteiger charge is -2.61. The number of halogens is 1. The zero-order valence-corrected chi connectivity index (χ0v) is 20.9. The topological polar surface area (TPSA) is 13.1 Å². The minimum atomic E-state index is 0.207. The van der Waals surface area contributed by atoms with E-state index in [-0.39, 0.29) is 5.41 Å². The van der Waals surface area contributed by atoms with Gasteiger partial charge in [-0.1, -0.05) is 54.1 Å². The van der Waals surface area contributed by atoms with Gasteiger partial charge in [0.2, 0.25) is 0 Å². The first-order valence-corrected chi connectivity index (χ1v) is 13.9. The Bertz CT molecular complexity index is 1690. The van der Waals surface area contributed by atoms with Crippen LogP contribution in [-0.4, -0.2) is 0 Å². The van der Waals surface area contributed by atoms with Crippen molar-refractivity contribution in [3.63, 3.8) is 0 Å². The average molecular weight is 487 g/mol. The SMILES string of the molecule is Clc1ccc2c(c1)oc1ccc(-c3ccc4c(c3)C3(c5ccccc5-4)C4CC5CC(C4)CC3C5)cc12. The van der Waals surface area contributed by atoms with E-state index >= 15 is 0 Å². The minimum absolute atomic E-state index is 0.207. The van der Waals surface area contributed by atoms with Gasteiger partial charge in [0.05, 0.1) is 0 Å². The maximum Gasteiger partial charge on any atom is 0.136 e. The first-order valence-electron chi connectivity index (χ1n) is 13.5. The van der Waals surface area contributed by atoms with E-state index in [1.54, 1.807) is 11.1 Å². The number of rotatable bonds is 1. The molecule has 1 aromatic heterocycles. The van der Waals surface area contributed by atoms with Crippen LogP contribution >= 0.6 is 11.6 Å². The second-order valence-electron chi connectivity index (χ2n) is 11.9. The standard InChI is InChI=1S/C34H27ClO/c35-25-7-9-28-29-16-21(6-10-32(29)36-33(28)18-25)22-5-8-27-26-3-1-2-4-30(26)34(31(27)17-22)23-12-19-11-20(14-23)15-24(34)13-19/h1-10,16-20,23-24H,11-15H2. The summed E-state index contributed by atoms with van der Waals surface area (Å²) in [5.41, 5.74) is 10.8. The highest BCUT2D eigenvalue weighted by atomic mass is 35.5. The molecule has 0 saturated heterocycles. The molecule has 176 valence electrons. The molecule has 0 radical (unpaired) electrons. The largest absolute Gasteiger partial charge is 0.456 e. The molecule has 36 heavy (non-hydrogen) atoms. The van der Waals surface area contributed by atoms with Crippen LogP contribution in [0.25, 0.3) is 44.2 Å². The van der Waals surface area contributed by atoms with Crippen LogP contribution in [0.1, 0.15) is 43.2 Å². The molecule has 1 spiro atoms. The van der Waals surface area contributed by atoms with Crippen LogP contribution in [0.5, 0.6) is 0 Å². The van der Waals surface area contributed by atoms with Crippen molar-refractivity contribution in [2.75, 3.05) is 0 Å². The Kier molecular flexibility index (Phi) is 3.81. The second-order valence-corrected chi connectivity index (χ2v) is 12.4. The number of hydrogen-bond donors (Lipinski definition) is 0. The van der Waals surface area contributed by atoms with Crippen molar-refractivity contribution >= 4 is 33.5 Å². The molecule has 4 fully saturated rings. The van der Waals surface area contributed by atoms with Gasteiger partial charge in [-0.15, -0.1) is 0 Å². The fourth-order valence-corrected chi connectivity index (χ4v) is 9.42. The van der Waals surface area contributed by atoms with Gasteiger partial charge in [-0.25, -0.2) is 0 Å². The van der Waals surface area contributed by atoms with E-state index in [0.717, 1.165) is 45.6 Å². The fourth-order valence-electron chi connectivity index (χ4n) is 9.26.